The summed E-state index contributed by atoms with van der Waals surface area (Å²) < 4.78 is 0. The van der Waals surface area contributed by atoms with E-state index in [0.29, 0.717) is 6.04 Å². The average Bonchev–Trinajstić information content (AvgIpc) is 2.45. The largest absolute Gasteiger partial charge is 0.354 e. The van der Waals surface area contributed by atoms with E-state index >= 15 is 0 Å². The van der Waals surface area contributed by atoms with Gasteiger partial charge in [-0.3, -0.25) is 0 Å². The van der Waals surface area contributed by atoms with Crippen LogP contribution in [0.2, 0.25) is 0 Å². The zero-order valence-electron chi connectivity index (χ0n) is 13.0. The predicted octanol–water partition coefficient (Wildman–Crippen LogP) is 3.58. The van der Waals surface area contributed by atoms with E-state index in [1.165, 1.54) is 10.9 Å². The lowest BCUT2D eigenvalue weighted by Gasteiger charge is -2.27. The third-order valence-electron chi connectivity index (χ3n) is 3.61. The Morgan fingerprint density at radius 3 is 2.60 bits per heavy atom. The molecule has 3 heteroatoms. The Morgan fingerprint density at radius 1 is 1.20 bits per heavy atom. The SMILES string of the molecule is CCNCc1cc(N(CC)C(C)C)nc2ccccc12. The highest BCUT2D eigenvalue weighted by atomic mass is 15.2. The number of para-hydroxylation sites is 1. The molecule has 1 aromatic heterocycles. The first-order valence-electron chi connectivity index (χ1n) is 7.53. The normalized spacial score (nSPS) is 11.2. The van der Waals surface area contributed by atoms with Crippen LogP contribution in [0.4, 0.5) is 5.82 Å². The fourth-order valence-corrected chi connectivity index (χ4v) is 2.58. The summed E-state index contributed by atoms with van der Waals surface area (Å²) >= 11 is 0. The van der Waals surface area contributed by atoms with Crippen molar-refractivity contribution in [1.29, 1.82) is 0 Å². The van der Waals surface area contributed by atoms with E-state index in [2.05, 4.69) is 68.2 Å². The molecule has 0 saturated heterocycles. The number of anilines is 1. The van der Waals surface area contributed by atoms with Gasteiger partial charge in [0.25, 0.3) is 0 Å². The van der Waals surface area contributed by atoms with Crippen molar-refractivity contribution in [3.63, 3.8) is 0 Å². The molecule has 1 N–H and O–H groups in total. The van der Waals surface area contributed by atoms with Gasteiger partial charge in [0, 0.05) is 24.5 Å². The molecule has 0 spiro atoms. The lowest BCUT2D eigenvalue weighted by atomic mass is 10.1. The molecule has 1 heterocycles. The number of nitrogens with one attached hydrogen (secondary N) is 1. The minimum Gasteiger partial charge on any atom is -0.354 e. The predicted molar refractivity (Wildman–Crippen MR) is 87.3 cm³/mol. The standard InChI is InChI=1S/C17H25N3/c1-5-18-12-14-11-17(20(6-2)13(3)4)19-16-10-8-7-9-15(14)16/h7-11,13,18H,5-6,12H2,1-4H3. The number of hydrogen-bond acceptors (Lipinski definition) is 3. The van der Waals surface area contributed by atoms with Gasteiger partial charge in [0.05, 0.1) is 5.52 Å². The third kappa shape index (κ3) is 3.10. The van der Waals surface area contributed by atoms with Crippen LogP contribution in [0.5, 0.6) is 0 Å². The van der Waals surface area contributed by atoms with Crippen molar-refractivity contribution >= 4 is 16.7 Å². The van der Waals surface area contributed by atoms with Crippen LogP contribution in [0.25, 0.3) is 10.9 Å². The summed E-state index contributed by atoms with van der Waals surface area (Å²) in [6.07, 6.45) is 0. The molecular formula is C17H25N3. The summed E-state index contributed by atoms with van der Waals surface area (Å²) in [7, 11) is 0. The molecule has 2 rings (SSSR count). The zero-order valence-corrected chi connectivity index (χ0v) is 13.0. The van der Waals surface area contributed by atoms with Crippen molar-refractivity contribution in [2.24, 2.45) is 0 Å². The van der Waals surface area contributed by atoms with Crippen LogP contribution < -0.4 is 10.2 Å². The number of pyridine rings is 1. The van der Waals surface area contributed by atoms with E-state index in [0.717, 1.165) is 31.0 Å². The molecule has 0 amide bonds. The lowest BCUT2D eigenvalue weighted by Crippen LogP contribution is -2.31. The molecule has 0 unspecified atom stereocenters. The van der Waals surface area contributed by atoms with Gasteiger partial charge < -0.3 is 10.2 Å². The molecule has 108 valence electrons. The van der Waals surface area contributed by atoms with Gasteiger partial charge in [-0.1, -0.05) is 25.1 Å². The molecule has 20 heavy (non-hydrogen) atoms. The summed E-state index contributed by atoms with van der Waals surface area (Å²) in [5.74, 6) is 1.08. The van der Waals surface area contributed by atoms with Crippen molar-refractivity contribution in [2.45, 2.75) is 40.3 Å². The van der Waals surface area contributed by atoms with Crippen LogP contribution in [0.1, 0.15) is 33.3 Å². The van der Waals surface area contributed by atoms with Crippen molar-refractivity contribution in [3.05, 3.63) is 35.9 Å². The van der Waals surface area contributed by atoms with Gasteiger partial charge in [-0.25, -0.2) is 4.98 Å². The first-order valence-corrected chi connectivity index (χ1v) is 7.53. The molecule has 0 bridgehead atoms. The first-order chi connectivity index (χ1) is 9.67. The van der Waals surface area contributed by atoms with E-state index in [-0.39, 0.29) is 0 Å². The molecule has 0 radical (unpaired) electrons. The fraction of sp³-hybridized carbons (Fsp3) is 0.471. The fourth-order valence-electron chi connectivity index (χ4n) is 2.58. The number of benzene rings is 1. The van der Waals surface area contributed by atoms with Crippen molar-refractivity contribution in [1.82, 2.24) is 10.3 Å². The van der Waals surface area contributed by atoms with Crippen LogP contribution in [-0.2, 0) is 6.54 Å². The van der Waals surface area contributed by atoms with Gasteiger partial charge in [-0.15, -0.1) is 0 Å². The van der Waals surface area contributed by atoms with Gasteiger partial charge in [0.1, 0.15) is 5.82 Å². The molecule has 0 aliphatic carbocycles. The summed E-state index contributed by atoms with van der Waals surface area (Å²) in [4.78, 5) is 7.17. The molecule has 0 fully saturated rings. The van der Waals surface area contributed by atoms with Gasteiger partial charge in [0.2, 0.25) is 0 Å². The minimum absolute atomic E-state index is 0.459. The number of nitrogens with zero attached hydrogens (tertiary/aromatic N) is 2. The van der Waals surface area contributed by atoms with E-state index in [1.54, 1.807) is 0 Å². The van der Waals surface area contributed by atoms with E-state index in [9.17, 15) is 0 Å². The first kappa shape index (κ1) is 14.8. The Morgan fingerprint density at radius 2 is 1.95 bits per heavy atom. The van der Waals surface area contributed by atoms with Crippen LogP contribution in [-0.4, -0.2) is 24.1 Å². The average molecular weight is 271 g/mol. The smallest absolute Gasteiger partial charge is 0.129 e. The van der Waals surface area contributed by atoms with Gasteiger partial charge in [-0.05, 0) is 45.0 Å². The summed E-state index contributed by atoms with van der Waals surface area (Å²) in [5, 5.41) is 4.67. The Labute approximate surface area is 122 Å². The maximum absolute atomic E-state index is 4.83. The summed E-state index contributed by atoms with van der Waals surface area (Å²) in [6, 6.07) is 11.1. The van der Waals surface area contributed by atoms with Gasteiger partial charge in [0.15, 0.2) is 0 Å². The molecule has 0 aliphatic rings. The minimum atomic E-state index is 0.459. The van der Waals surface area contributed by atoms with Crippen LogP contribution in [0, 0.1) is 0 Å². The Bertz CT molecular complexity index is 563. The van der Waals surface area contributed by atoms with E-state index in [4.69, 9.17) is 4.98 Å². The van der Waals surface area contributed by atoms with E-state index in [1.807, 2.05) is 0 Å². The second-order valence-electron chi connectivity index (χ2n) is 5.32. The number of fused-ring (bicyclic) bond motifs is 1. The highest BCUT2D eigenvalue weighted by molar-refractivity contribution is 5.84. The van der Waals surface area contributed by atoms with Gasteiger partial charge >= 0.3 is 0 Å². The van der Waals surface area contributed by atoms with Gasteiger partial charge in [-0.2, -0.15) is 0 Å². The monoisotopic (exact) mass is 271 g/mol. The molecule has 0 saturated carbocycles. The second-order valence-corrected chi connectivity index (χ2v) is 5.32. The van der Waals surface area contributed by atoms with E-state index < -0.39 is 0 Å². The maximum atomic E-state index is 4.83. The maximum Gasteiger partial charge on any atom is 0.129 e. The van der Waals surface area contributed by atoms with Crippen molar-refractivity contribution in [3.8, 4) is 0 Å². The Hall–Kier alpha value is -1.61. The third-order valence-corrected chi connectivity index (χ3v) is 3.61. The highest BCUT2D eigenvalue weighted by Crippen LogP contribution is 2.24. The molecule has 3 nitrogen and oxygen atoms in total. The molecular weight excluding hydrogens is 246 g/mol. The van der Waals surface area contributed by atoms with Crippen LogP contribution >= 0.6 is 0 Å². The molecule has 0 aliphatic heterocycles. The number of aromatic nitrogens is 1. The highest BCUT2D eigenvalue weighted by Gasteiger charge is 2.12. The number of hydrogen-bond donors (Lipinski definition) is 1. The molecule has 0 atom stereocenters. The second kappa shape index (κ2) is 6.71. The molecule has 2 aromatic rings. The van der Waals surface area contributed by atoms with Crippen LogP contribution in [0.3, 0.4) is 0 Å². The molecule has 1 aromatic carbocycles. The summed E-state index contributed by atoms with van der Waals surface area (Å²) in [5.41, 5.74) is 2.41. The number of rotatable bonds is 6. The zero-order chi connectivity index (χ0) is 14.5. The van der Waals surface area contributed by atoms with Crippen molar-refractivity contribution < 1.29 is 0 Å². The Kier molecular flexibility index (Phi) is 4.96. The topological polar surface area (TPSA) is 28.2 Å². The Balaban J connectivity index is 2.51. The lowest BCUT2D eigenvalue weighted by molar-refractivity contribution is 0.691. The quantitative estimate of drug-likeness (QED) is 0.870. The van der Waals surface area contributed by atoms with Crippen molar-refractivity contribution in [2.75, 3.05) is 18.0 Å². The van der Waals surface area contributed by atoms with Crippen LogP contribution in [0.15, 0.2) is 30.3 Å². The summed E-state index contributed by atoms with van der Waals surface area (Å²) in [6.45, 7) is 11.6.